The molecule has 1 aromatic heterocycles. The van der Waals surface area contributed by atoms with Gasteiger partial charge in [0.15, 0.2) is 0 Å². The summed E-state index contributed by atoms with van der Waals surface area (Å²) in [6.45, 7) is 7.53. The number of rotatable bonds is 7. The molecular formula is C20H28N4O2S. The topological polar surface area (TPSA) is 59.4 Å². The second-order valence-electron chi connectivity index (χ2n) is 6.97. The molecule has 2 heterocycles. The second-order valence-corrected chi connectivity index (χ2v) is 8.19. The van der Waals surface area contributed by atoms with Gasteiger partial charge in [-0.1, -0.05) is 12.1 Å². The maximum atomic E-state index is 12.3. The van der Waals surface area contributed by atoms with E-state index in [1.54, 1.807) is 17.8 Å². The van der Waals surface area contributed by atoms with Gasteiger partial charge in [0.2, 0.25) is 0 Å². The number of aryl methyl sites for hydroxylation is 2. The molecule has 3 rings (SSSR count). The van der Waals surface area contributed by atoms with Gasteiger partial charge in [-0.25, -0.2) is 0 Å². The van der Waals surface area contributed by atoms with Crippen molar-refractivity contribution in [1.82, 2.24) is 20.0 Å². The molecule has 0 bridgehead atoms. The van der Waals surface area contributed by atoms with Gasteiger partial charge in [0.25, 0.3) is 5.91 Å². The Kier molecular flexibility index (Phi) is 6.79. The van der Waals surface area contributed by atoms with Gasteiger partial charge in [0.1, 0.15) is 17.5 Å². The van der Waals surface area contributed by atoms with Crippen molar-refractivity contribution in [1.29, 1.82) is 0 Å². The predicted octanol–water partition coefficient (Wildman–Crippen LogP) is 2.47. The Morgan fingerprint density at radius 1 is 1.33 bits per heavy atom. The fourth-order valence-corrected chi connectivity index (χ4v) is 4.14. The Morgan fingerprint density at radius 2 is 2.11 bits per heavy atom. The molecule has 2 aromatic rings. The van der Waals surface area contributed by atoms with Crippen molar-refractivity contribution in [3.05, 3.63) is 47.3 Å². The Hall–Kier alpha value is -1.99. The summed E-state index contributed by atoms with van der Waals surface area (Å²) in [4.78, 5) is 14.8. The Balaban J connectivity index is 1.50. The van der Waals surface area contributed by atoms with Crippen LogP contribution in [0.15, 0.2) is 30.3 Å². The summed E-state index contributed by atoms with van der Waals surface area (Å²) >= 11 is 2.02. The quantitative estimate of drug-likeness (QED) is 0.790. The number of hydrogen-bond donors (Lipinski definition) is 1. The van der Waals surface area contributed by atoms with Crippen molar-refractivity contribution in [2.24, 2.45) is 7.05 Å². The number of benzene rings is 1. The minimum Gasteiger partial charge on any atom is -0.489 e. The molecule has 7 heteroatoms. The fourth-order valence-electron chi connectivity index (χ4n) is 3.16. The van der Waals surface area contributed by atoms with E-state index in [9.17, 15) is 4.79 Å². The van der Waals surface area contributed by atoms with Gasteiger partial charge in [-0.3, -0.25) is 14.4 Å². The summed E-state index contributed by atoms with van der Waals surface area (Å²) in [7, 11) is 1.77. The van der Waals surface area contributed by atoms with E-state index in [0.29, 0.717) is 12.2 Å². The average Bonchev–Trinajstić information content (AvgIpc) is 2.99. The SMILES string of the molecule is Cc1cc(C(=O)NC[C@H](C)Oc2cccc(CN3CCSCC3)c2)n(C)n1. The monoisotopic (exact) mass is 388 g/mol. The highest BCUT2D eigenvalue weighted by atomic mass is 32.2. The largest absolute Gasteiger partial charge is 0.489 e. The van der Waals surface area contributed by atoms with Crippen molar-refractivity contribution >= 4 is 17.7 Å². The molecule has 1 fully saturated rings. The van der Waals surface area contributed by atoms with Crippen LogP contribution in [0.25, 0.3) is 0 Å². The lowest BCUT2D eigenvalue weighted by Gasteiger charge is -2.26. The van der Waals surface area contributed by atoms with Crippen LogP contribution in [0.4, 0.5) is 0 Å². The van der Waals surface area contributed by atoms with Crippen LogP contribution in [0, 0.1) is 6.92 Å². The minimum absolute atomic E-state index is 0.120. The zero-order chi connectivity index (χ0) is 19.2. The molecule has 6 nitrogen and oxygen atoms in total. The maximum Gasteiger partial charge on any atom is 0.269 e. The summed E-state index contributed by atoms with van der Waals surface area (Å²) in [6.07, 6.45) is -0.120. The molecule has 1 atom stereocenters. The molecular weight excluding hydrogens is 360 g/mol. The number of thioether (sulfide) groups is 1. The minimum atomic E-state index is -0.134. The molecule has 0 radical (unpaired) electrons. The third-order valence-electron chi connectivity index (χ3n) is 4.53. The first-order valence-corrected chi connectivity index (χ1v) is 10.5. The third kappa shape index (κ3) is 5.74. The fraction of sp³-hybridized carbons (Fsp3) is 0.500. The molecule has 27 heavy (non-hydrogen) atoms. The molecule has 146 valence electrons. The highest BCUT2D eigenvalue weighted by Crippen LogP contribution is 2.18. The van der Waals surface area contributed by atoms with Crippen molar-refractivity contribution in [2.45, 2.75) is 26.5 Å². The number of carbonyl (C=O) groups is 1. The number of nitrogens with zero attached hydrogens (tertiary/aromatic N) is 3. The van der Waals surface area contributed by atoms with Gasteiger partial charge in [0, 0.05) is 38.2 Å². The first kappa shape index (κ1) is 19.8. The van der Waals surface area contributed by atoms with Crippen LogP contribution in [0.5, 0.6) is 5.75 Å². The highest BCUT2D eigenvalue weighted by Gasteiger charge is 2.14. The molecule has 0 aliphatic carbocycles. The molecule has 0 saturated carbocycles. The van der Waals surface area contributed by atoms with Crippen LogP contribution in [-0.2, 0) is 13.6 Å². The van der Waals surface area contributed by atoms with Crippen molar-refractivity contribution < 1.29 is 9.53 Å². The van der Waals surface area contributed by atoms with E-state index in [1.165, 1.54) is 17.1 Å². The molecule has 0 unspecified atom stereocenters. The predicted molar refractivity (Wildman–Crippen MR) is 109 cm³/mol. The smallest absolute Gasteiger partial charge is 0.269 e. The molecule has 1 aliphatic rings. The van der Waals surface area contributed by atoms with E-state index in [1.807, 2.05) is 37.7 Å². The van der Waals surface area contributed by atoms with Crippen LogP contribution in [-0.4, -0.2) is 57.8 Å². The summed E-state index contributed by atoms with van der Waals surface area (Å²) < 4.78 is 7.60. The molecule has 1 N–H and O–H groups in total. The zero-order valence-corrected chi connectivity index (χ0v) is 17.1. The number of hydrogen-bond acceptors (Lipinski definition) is 5. The molecule has 1 aliphatic heterocycles. The van der Waals surface area contributed by atoms with Crippen LogP contribution >= 0.6 is 11.8 Å². The van der Waals surface area contributed by atoms with Crippen molar-refractivity contribution in [3.63, 3.8) is 0 Å². The summed E-state index contributed by atoms with van der Waals surface area (Å²) in [5.41, 5.74) is 2.65. The van der Waals surface area contributed by atoms with Gasteiger partial charge < -0.3 is 10.1 Å². The molecule has 0 spiro atoms. The van der Waals surface area contributed by atoms with Gasteiger partial charge in [-0.15, -0.1) is 0 Å². The molecule has 1 aromatic carbocycles. The van der Waals surface area contributed by atoms with Crippen LogP contribution in [0.2, 0.25) is 0 Å². The first-order valence-electron chi connectivity index (χ1n) is 9.36. The van der Waals surface area contributed by atoms with Gasteiger partial charge in [-0.2, -0.15) is 16.9 Å². The molecule has 1 amide bonds. The average molecular weight is 389 g/mol. The van der Waals surface area contributed by atoms with E-state index < -0.39 is 0 Å². The number of aromatic nitrogens is 2. The third-order valence-corrected chi connectivity index (χ3v) is 5.47. The lowest BCUT2D eigenvalue weighted by Crippen LogP contribution is -2.34. The summed E-state index contributed by atoms with van der Waals surface area (Å²) in [6, 6.07) is 10.0. The number of carbonyl (C=O) groups excluding carboxylic acids is 1. The van der Waals surface area contributed by atoms with Crippen molar-refractivity contribution in [2.75, 3.05) is 31.1 Å². The second kappa shape index (κ2) is 9.28. The van der Waals surface area contributed by atoms with E-state index in [4.69, 9.17) is 4.74 Å². The van der Waals surface area contributed by atoms with E-state index in [0.717, 1.165) is 31.1 Å². The standard InChI is InChI=1S/C20H28N4O2S/c1-15-11-19(23(3)22-15)20(25)21-13-16(2)26-18-6-4-5-17(12-18)14-24-7-9-27-10-8-24/h4-6,11-12,16H,7-10,13-14H2,1-3H3,(H,21,25)/t16-/m0/s1. The zero-order valence-electron chi connectivity index (χ0n) is 16.3. The van der Waals surface area contributed by atoms with Crippen LogP contribution in [0.3, 0.4) is 0 Å². The summed E-state index contributed by atoms with van der Waals surface area (Å²) in [5.74, 6) is 3.13. The van der Waals surface area contributed by atoms with E-state index >= 15 is 0 Å². The Labute approximate surface area is 165 Å². The number of nitrogens with one attached hydrogen (secondary N) is 1. The Bertz CT molecular complexity index is 771. The summed E-state index contributed by atoms with van der Waals surface area (Å²) in [5, 5.41) is 7.12. The van der Waals surface area contributed by atoms with Gasteiger partial charge in [-0.05, 0) is 37.6 Å². The van der Waals surface area contributed by atoms with Crippen LogP contribution in [0.1, 0.15) is 28.7 Å². The molecule has 1 saturated heterocycles. The number of amides is 1. The first-order chi connectivity index (χ1) is 13.0. The van der Waals surface area contributed by atoms with E-state index in [2.05, 4.69) is 27.4 Å². The normalized spacial score (nSPS) is 16.1. The lowest BCUT2D eigenvalue weighted by atomic mass is 10.2. The van der Waals surface area contributed by atoms with Gasteiger partial charge >= 0.3 is 0 Å². The maximum absolute atomic E-state index is 12.3. The van der Waals surface area contributed by atoms with Crippen molar-refractivity contribution in [3.8, 4) is 5.75 Å². The highest BCUT2D eigenvalue weighted by molar-refractivity contribution is 7.99. The lowest BCUT2D eigenvalue weighted by molar-refractivity contribution is 0.0922. The van der Waals surface area contributed by atoms with Crippen LogP contribution < -0.4 is 10.1 Å². The Morgan fingerprint density at radius 3 is 2.81 bits per heavy atom. The number of ether oxygens (including phenoxy) is 1. The van der Waals surface area contributed by atoms with E-state index in [-0.39, 0.29) is 12.0 Å². The van der Waals surface area contributed by atoms with Gasteiger partial charge in [0.05, 0.1) is 12.2 Å².